The fraction of sp³-hybridized carbons (Fsp3) is 0.227. The van der Waals surface area contributed by atoms with Crippen LogP contribution < -0.4 is 0 Å². The molecule has 6 aromatic rings. The van der Waals surface area contributed by atoms with Gasteiger partial charge in [-0.2, -0.15) is 0 Å². The van der Waals surface area contributed by atoms with Crippen LogP contribution in [0.5, 0.6) is 0 Å². The highest BCUT2D eigenvalue weighted by molar-refractivity contribution is 5.87. The number of nitrogens with zero attached hydrogens (tertiary/aromatic N) is 6. The Labute approximate surface area is 299 Å². The van der Waals surface area contributed by atoms with Crippen LogP contribution in [0, 0.1) is 0 Å². The summed E-state index contributed by atoms with van der Waals surface area (Å²) in [6.45, 7) is 2.97. The normalized spacial score (nSPS) is 15.9. The van der Waals surface area contributed by atoms with Crippen LogP contribution in [-0.2, 0) is 12.1 Å². The van der Waals surface area contributed by atoms with Gasteiger partial charge in [0.25, 0.3) is 0 Å². The number of aliphatic hydroxyl groups excluding tert-OH is 1. The van der Waals surface area contributed by atoms with Gasteiger partial charge >= 0.3 is 0 Å². The minimum Gasteiger partial charge on any atom is -0.394 e. The van der Waals surface area contributed by atoms with Crippen molar-refractivity contribution in [2.24, 2.45) is 4.99 Å². The van der Waals surface area contributed by atoms with Crippen LogP contribution in [-0.4, -0.2) is 48.7 Å². The molecule has 254 valence electrons. The van der Waals surface area contributed by atoms with Crippen molar-refractivity contribution >= 4 is 5.84 Å². The minimum absolute atomic E-state index is 0.0692. The molecule has 1 fully saturated rings. The van der Waals surface area contributed by atoms with E-state index in [-0.39, 0.29) is 12.6 Å². The van der Waals surface area contributed by atoms with Gasteiger partial charge in [-0.15, -0.1) is 5.10 Å². The van der Waals surface area contributed by atoms with Crippen molar-refractivity contribution in [2.75, 3.05) is 6.61 Å². The van der Waals surface area contributed by atoms with Crippen molar-refractivity contribution in [3.8, 4) is 22.5 Å². The average Bonchev–Trinajstić information content (AvgIpc) is 3.78. The molecule has 7 nitrogen and oxygen atoms in total. The lowest BCUT2D eigenvalue weighted by Crippen LogP contribution is -2.39. The van der Waals surface area contributed by atoms with Gasteiger partial charge in [0.15, 0.2) is 5.82 Å². The number of hydrogen-bond acceptors (Lipinski definition) is 6. The van der Waals surface area contributed by atoms with Crippen molar-refractivity contribution in [2.45, 2.75) is 57.2 Å². The van der Waals surface area contributed by atoms with Crippen LogP contribution in [0.3, 0.4) is 0 Å². The van der Waals surface area contributed by atoms with Crippen molar-refractivity contribution < 1.29 is 5.11 Å². The molecule has 2 heterocycles. The molecule has 1 aliphatic carbocycles. The van der Waals surface area contributed by atoms with Crippen molar-refractivity contribution in [3.63, 3.8) is 0 Å². The van der Waals surface area contributed by atoms with Gasteiger partial charge in [0.1, 0.15) is 11.4 Å². The highest BCUT2D eigenvalue weighted by Crippen LogP contribution is 2.43. The highest BCUT2D eigenvalue weighted by atomic mass is 16.3. The van der Waals surface area contributed by atoms with Crippen LogP contribution in [0.2, 0.25) is 0 Å². The van der Waals surface area contributed by atoms with Gasteiger partial charge in [-0.05, 0) is 75.1 Å². The van der Waals surface area contributed by atoms with E-state index < -0.39 is 5.54 Å². The number of rotatable bonds is 11. The topological polar surface area (TPSA) is 79.4 Å². The van der Waals surface area contributed by atoms with Crippen molar-refractivity contribution in [3.05, 3.63) is 173 Å². The Hall–Kier alpha value is -5.66. The molecule has 8 rings (SSSR count). The summed E-state index contributed by atoms with van der Waals surface area (Å²) in [5, 5.41) is 24.3. The number of hydrogen-bond donors (Lipinski definition) is 1. The van der Waals surface area contributed by atoms with Gasteiger partial charge in [0.2, 0.25) is 0 Å². The second kappa shape index (κ2) is 14.3. The number of aliphatic imine (C=N–C) groups is 1. The SMILES string of the molecule is CCCC1=NC(=C2CCC2)C(CO)N1Cc1ccc(-c2ccccc2-c2nnnn2C(c2ccccc2)(c2ccccc2)c2ccccc2)cc1. The molecule has 1 saturated carbocycles. The lowest BCUT2D eigenvalue weighted by molar-refractivity contribution is 0.202. The lowest BCUT2D eigenvalue weighted by atomic mass is 9.77. The summed E-state index contributed by atoms with van der Waals surface area (Å²) in [5.41, 5.74) is 9.09. The first-order valence-corrected chi connectivity index (χ1v) is 18.0. The third-order valence-corrected chi connectivity index (χ3v) is 10.4. The molecule has 0 saturated heterocycles. The maximum atomic E-state index is 10.5. The second-order valence-corrected chi connectivity index (χ2v) is 13.4. The van der Waals surface area contributed by atoms with E-state index in [0.29, 0.717) is 12.4 Å². The van der Waals surface area contributed by atoms with Gasteiger partial charge in [0, 0.05) is 18.5 Å². The summed E-state index contributed by atoms with van der Waals surface area (Å²) in [7, 11) is 0. The Balaban J connectivity index is 1.20. The Morgan fingerprint density at radius 3 is 1.80 bits per heavy atom. The van der Waals surface area contributed by atoms with E-state index in [1.54, 1.807) is 0 Å². The Kier molecular flexibility index (Phi) is 9.12. The summed E-state index contributed by atoms with van der Waals surface area (Å²) in [6, 6.07) is 48.5. The molecule has 51 heavy (non-hydrogen) atoms. The number of allylic oxidation sites excluding steroid dienone is 1. The second-order valence-electron chi connectivity index (χ2n) is 13.4. The average molecular weight is 671 g/mol. The maximum absolute atomic E-state index is 10.5. The smallest absolute Gasteiger partial charge is 0.184 e. The van der Waals surface area contributed by atoms with Crippen molar-refractivity contribution in [1.82, 2.24) is 25.1 Å². The zero-order valence-corrected chi connectivity index (χ0v) is 28.9. The molecule has 1 atom stereocenters. The first-order valence-electron chi connectivity index (χ1n) is 18.0. The van der Waals surface area contributed by atoms with Crippen LogP contribution in [0.4, 0.5) is 0 Å². The predicted molar refractivity (Wildman–Crippen MR) is 203 cm³/mol. The maximum Gasteiger partial charge on any atom is 0.184 e. The van der Waals surface area contributed by atoms with E-state index in [1.807, 2.05) is 28.9 Å². The number of amidine groups is 1. The molecule has 1 aromatic heterocycles. The summed E-state index contributed by atoms with van der Waals surface area (Å²) in [4.78, 5) is 7.39. The number of tetrazole rings is 1. The number of aromatic nitrogens is 4. The fourth-order valence-corrected chi connectivity index (χ4v) is 7.74. The standard InChI is InChI=1S/C44H42N6O/c1-2-15-41-45-42(34-16-14-17-34)40(31-51)49(41)30-32-26-28-33(29-27-32)38-24-12-13-25-39(38)43-46-47-48-50(43)44(35-18-6-3-7-19-35,36-20-8-4-9-21-36)37-22-10-5-11-23-37/h3-13,18-29,40,51H,2,14-17,30-31H2,1H3. The highest BCUT2D eigenvalue weighted by Gasteiger charge is 2.42. The van der Waals surface area contributed by atoms with Gasteiger partial charge < -0.3 is 10.0 Å². The van der Waals surface area contributed by atoms with E-state index >= 15 is 0 Å². The van der Waals surface area contributed by atoms with Crippen LogP contribution in [0.1, 0.15) is 61.3 Å². The molecule has 0 spiro atoms. The van der Waals surface area contributed by atoms with Gasteiger partial charge in [0.05, 0.1) is 18.3 Å². The lowest BCUT2D eigenvalue weighted by Gasteiger charge is -2.36. The molecule has 0 radical (unpaired) electrons. The predicted octanol–water partition coefficient (Wildman–Crippen LogP) is 8.66. The molecule has 1 N–H and O–H groups in total. The Bertz CT molecular complexity index is 2050. The zero-order valence-electron chi connectivity index (χ0n) is 28.9. The van der Waals surface area contributed by atoms with Gasteiger partial charge in [-0.1, -0.05) is 146 Å². The molecular weight excluding hydrogens is 629 g/mol. The summed E-state index contributed by atoms with van der Waals surface area (Å²) in [6.07, 6.45) is 5.35. The fourth-order valence-electron chi connectivity index (χ4n) is 7.74. The first kappa shape index (κ1) is 32.5. The molecule has 0 amide bonds. The van der Waals surface area contributed by atoms with Gasteiger partial charge in [-0.3, -0.25) is 0 Å². The van der Waals surface area contributed by atoms with Crippen LogP contribution in [0.15, 0.2) is 156 Å². The monoisotopic (exact) mass is 670 g/mol. The third-order valence-electron chi connectivity index (χ3n) is 10.4. The van der Waals surface area contributed by atoms with Crippen molar-refractivity contribution in [1.29, 1.82) is 0 Å². The molecule has 1 aliphatic heterocycles. The van der Waals surface area contributed by atoms with Crippen LogP contribution in [0.25, 0.3) is 22.5 Å². The summed E-state index contributed by atoms with van der Waals surface area (Å²) < 4.78 is 1.99. The molecular formula is C44H42N6O. The summed E-state index contributed by atoms with van der Waals surface area (Å²) in [5.74, 6) is 1.76. The number of aliphatic hydroxyl groups is 1. The molecule has 0 bridgehead atoms. The molecule has 1 unspecified atom stereocenters. The third kappa shape index (κ3) is 5.87. The van der Waals surface area contributed by atoms with Gasteiger partial charge in [-0.25, -0.2) is 9.67 Å². The molecule has 2 aliphatic rings. The van der Waals surface area contributed by atoms with E-state index in [4.69, 9.17) is 15.3 Å². The molecule has 5 aromatic carbocycles. The van der Waals surface area contributed by atoms with E-state index in [0.717, 1.165) is 70.6 Å². The Morgan fingerprint density at radius 2 is 1.27 bits per heavy atom. The summed E-state index contributed by atoms with van der Waals surface area (Å²) >= 11 is 0. The van der Waals surface area contributed by atoms with E-state index in [9.17, 15) is 5.11 Å². The van der Waals surface area contributed by atoms with E-state index in [2.05, 4.69) is 132 Å². The first-order chi connectivity index (χ1) is 25.2. The molecule has 7 heteroatoms. The van der Waals surface area contributed by atoms with E-state index in [1.165, 1.54) is 17.6 Å². The zero-order chi connectivity index (χ0) is 34.6. The quantitative estimate of drug-likeness (QED) is 0.140. The number of benzene rings is 5. The minimum atomic E-state index is -0.843. The Morgan fingerprint density at radius 1 is 0.706 bits per heavy atom. The largest absolute Gasteiger partial charge is 0.394 e. The van der Waals surface area contributed by atoms with Crippen LogP contribution >= 0.6 is 0 Å².